The standard InChI is InChI=1S/C15H17NO5S/c1-19-13(20-2)9-16-11(12-5-4-8-22-12)7-6-10(14(16)17)15(18)21-3/h4-8,13H,9H2,1-3H3. The van der Waals surface area contributed by atoms with Crippen LogP contribution < -0.4 is 5.56 Å². The molecule has 0 aliphatic rings. The Labute approximate surface area is 131 Å². The predicted molar refractivity (Wildman–Crippen MR) is 83.2 cm³/mol. The molecular formula is C15H17NO5S. The van der Waals surface area contributed by atoms with E-state index in [1.165, 1.54) is 43.3 Å². The van der Waals surface area contributed by atoms with E-state index in [1.807, 2.05) is 17.5 Å². The molecule has 0 aliphatic heterocycles. The zero-order valence-corrected chi connectivity index (χ0v) is 13.4. The van der Waals surface area contributed by atoms with Crippen molar-refractivity contribution in [1.82, 2.24) is 4.57 Å². The van der Waals surface area contributed by atoms with E-state index in [9.17, 15) is 9.59 Å². The van der Waals surface area contributed by atoms with E-state index < -0.39 is 17.8 Å². The number of thiophene rings is 1. The van der Waals surface area contributed by atoms with Gasteiger partial charge in [-0.1, -0.05) is 6.07 Å². The zero-order valence-electron chi connectivity index (χ0n) is 12.6. The van der Waals surface area contributed by atoms with E-state index in [-0.39, 0.29) is 12.1 Å². The summed E-state index contributed by atoms with van der Waals surface area (Å²) in [6.07, 6.45) is -0.593. The number of pyridine rings is 1. The largest absolute Gasteiger partial charge is 0.465 e. The van der Waals surface area contributed by atoms with Gasteiger partial charge in [-0.15, -0.1) is 11.3 Å². The second-order valence-corrected chi connectivity index (χ2v) is 5.37. The smallest absolute Gasteiger partial charge is 0.343 e. The predicted octanol–water partition coefficient (Wildman–Crippen LogP) is 1.98. The fourth-order valence-electron chi connectivity index (χ4n) is 2.06. The van der Waals surface area contributed by atoms with Gasteiger partial charge in [-0.25, -0.2) is 4.79 Å². The topological polar surface area (TPSA) is 66.8 Å². The Balaban J connectivity index is 2.57. The lowest BCUT2D eigenvalue weighted by atomic mass is 10.2. The number of methoxy groups -OCH3 is 3. The van der Waals surface area contributed by atoms with Gasteiger partial charge in [-0.3, -0.25) is 4.79 Å². The van der Waals surface area contributed by atoms with Crippen LogP contribution in [0.1, 0.15) is 10.4 Å². The number of rotatable bonds is 6. The molecule has 118 valence electrons. The molecule has 0 radical (unpaired) electrons. The zero-order chi connectivity index (χ0) is 16.1. The number of hydrogen-bond donors (Lipinski definition) is 0. The molecule has 0 spiro atoms. The number of carbonyl (C=O) groups excluding carboxylic acids is 1. The van der Waals surface area contributed by atoms with Crippen LogP contribution in [0, 0.1) is 0 Å². The van der Waals surface area contributed by atoms with Crippen molar-refractivity contribution in [3.05, 3.63) is 45.6 Å². The highest BCUT2D eigenvalue weighted by Gasteiger charge is 2.19. The van der Waals surface area contributed by atoms with Crippen LogP contribution in [0.3, 0.4) is 0 Å². The minimum absolute atomic E-state index is 0.0197. The molecule has 0 aromatic carbocycles. The van der Waals surface area contributed by atoms with Gasteiger partial charge in [0.25, 0.3) is 5.56 Å². The number of hydrogen-bond acceptors (Lipinski definition) is 6. The third kappa shape index (κ3) is 3.27. The van der Waals surface area contributed by atoms with Gasteiger partial charge in [-0.05, 0) is 23.6 Å². The van der Waals surface area contributed by atoms with Gasteiger partial charge in [0.15, 0.2) is 6.29 Å². The van der Waals surface area contributed by atoms with Crippen molar-refractivity contribution < 1.29 is 19.0 Å². The lowest BCUT2D eigenvalue weighted by Crippen LogP contribution is -2.33. The number of carbonyl (C=O) groups is 1. The molecule has 7 heteroatoms. The number of nitrogens with zero attached hydrogens (tertiary/aromatic N) is 1. The maximum absolute atomic E-state index is 12.6. The van der Waals surface area contributed by atoms with Gasteiger partial charge in [0, 0.05) is 14.2 Å². The van der Waals surface area contributed by atoms with E-state index in [0.29, 0.717) is 5.69 Å². The summed E-state index contributed by atoms with van der Waals surface area (Å²) in [5.41, 5.74) is 0.248. The number of esters is 1. The van der Waals surface area contributed by atoms with E-state index in [2.05, 4.69) is 4.74 Å². The van der Waals surface area contributed by atoms with E-state index >= 15 is 0 Å². The number of aromatic nitrogens is 1. The van der Waals surface area contributed by atoms with Crippen LogP contribution in [0.5, 0.6) is 0 Å². The van der Waals surface area contributed by atoms with Crippen molar-refractivity contribution in [3.63, 3.8) is 0 Å². The van der Waals surface area contributed by atoms with Gasteiger partial charge in [0.1, 0.15) is 5.56 Å². The minimum atomic E-state index is -0.664. The molecule has 0 unspecified atom stereocenters. The maximum atomic E-state index is 12.6. The summed E-state index contributed by atoms with van der Waals surface area (Å²) in [5.74, 6) is -0.664. The molecule has 22 heavy (non-hydrogen) atoms. The summed E-state index contributed by atoms with van der Waals surface area (Å²) in [7, 11) is 4.23. The highest BCUT2D eigenvalue weighted by molar-refractivity contribution is 7.13. The summed E-state index contributed by atoms with van der Waals surface area (Å²) >= 11 is 1.50. The van der Waals surface area contributed by atoms with Crippen LogP contribution in [0.4, 0.5) is 0 Å². The molecular weight excluding hydrogens is 306 g/mol. The third-order valence-electron chi connectivity index (χ3n) is 3.21. The van der Waals surface area contributed by atoms with Crippen molar-refractivity contribution >= 4 is 17.3 Å². The Morgan fingerprint density at radius 2 is 1.95 bits per heavy atom. The average molecular weight is 323 g/mol. The molecule has 2 heterocycles. The molecule has 0 fully saturated rings. The van der Waals surface area contributed by atoms with Crippen LogP contribution in [-0.4, -0.2) is 38.2 Å². The van der Waals surface area contributed by atoms with Crippen LogP contribution in [0.2, 0.25) is 0 Å². The van der Waals surface area contributed by atoms with Gasteiger partial charge in [0.05, 0.1) is 24.2 Å². The summed E-state index contributed by atoms with van der Waals surface area (Å²) in [4.78, 5) is 25.2. The van der Waals surface area contributed by atoms with E-state index in [1.54, 1.807) is 6.07 Å². The molecule has 2 aromatic rings. The first-order valence-electron chi connectivity index (χ1n) is 6.54. The normalized spacial score (nSPS) is 10.9. The molecule has 2 aromatic heterocycles. The van der Waals surface area contributed by atoms with Crippen LogP contribution in [0.15, 0.2) is 34.4 Å². The lowest BCUT2D eigenvalue weighted by Gasteiger charge is -2.18. The summed E-state index contributed by atoms with van der Waals surface area (Å²) in [6.45, 7) is 0.171. The first-order chi connectivity index (χ1) is 10.6. The Bertz CT molecular complexity index is 688. The van der Waals surface area contributed by atoms with Crippen molar-refractivity contribution in [2.75, 3.05) is 21.3 Å². The van der Waals surface area contributed by atoms with Gasteiger partial charge in [0.2, 0.25) is 0 Å². The second kappa shape index (κ2) is 7.35. The molecule has 0 N–H and O–H groups in total. The van der Waals surface area contributed by atoms with Crippen molar-refractivity contribution in [3.8, 4) is 10.6 Å². The molecule has 6 nitrogen and oxygen atoms in total. The fraction of sp³-hybridized carbons (Fsp3) is 0.333. The van der Waals surface area contributed by atoms with E-state index in [0.717, 1.165) is 4.88 Å². The van der Waals surface area contributed by atoms with Crippen molar-refractivity contribution in [1.29, 1.82) is 0 Å². The fourth-order valence-corrected chi connectivity index (χ4v) is 2.82. The lowest BCUT2D eigenvalue weighted by molar-refractivity contribution is -0.111. The van der Waals surface area contributed by atoms with Gasteiger partial charge < -0.3 is 18.8 Å². The van der Waals surface area contributed by atoms with Crippen LogP contribution in [0.25, 0.3) is 10.6 Å². The van der Waals surface area contributed by atoms with Crippen molar-refractivity contribution in [2.45, 2.75) is 12.8 Å². The molecule has 0 bridgehead atoms. The summed E-state index contributed by atoms with van der Waals surface area (Å²) < 4.78 is 16.4. The SMILES string of the molecule is COC(=O)c1ccc(-c2cccs2)n(CC(OC)OC)c1=O. The Morgan fingerprint density at radius 3 is 2.50 bits per heavy atom. The highest BCUT2D eigenvalue weighted by atomic mass is 32.1. The Morgan fingerprint density at radius 1 is 1.23 bits per heavy atom. The molecule has 0 saturated carbocycles. The minimum Gasteiger partial charge on any atom is -0.465 e. The number of ether oxygens (including phenoxy) is 3. The third-order valence-corrected chi connectivity index (χ3v) is 4.10. The van der Waals surface area contributed by atoms with Crippen LogP contribution in [-0.2, 0) is 20.8 Å². The van der Waals surface area contributed by atoms with E-state index in [4.69, 9.17) is 9.47 Å². The molecule has 0 aliphatic carbocycles. The molecule has 0 atom stereocenters. The summed E-state index contributed by atoms with van der Waals surface area (Å²) in [5, 5.41) is 1.92. The molecule has 0 saturated heterocycles. The Hall–Kier alpha value is -1.96. The van der Waals surface area contributed by atoms with Gasteiger partial charge >= 0.3 is 5.97 Å². The highest BCUT2D eigenvalue weighted by Crippen LogP contribution is 2.24. The second-order valence-electron chi connectivity index (χ2n) is 4.42. The monoisotopic (exact) mass is 323 g/mol. The van der Waals surface area contributed by atoms with Crippen LogP contribution >= 0.6 is 11.3 Å². The first-order valence-corrected chi connectivity index (χ1v) is 7.42. The van der Waals surface area contributed by atoms with Gasteiger partial charge in [-0.2, -0.15) is 0 Å². The quantitative estimate of drug-likeness (QED) is 0.601. The van der Waals surface area contributed by atoms with Crippen molar-refractivity contribution in [2.24, 2.45) is 0 Å². The molecule has 2 rings (SSSR count). The maximum Gasteiger partial charge on any atom is 0.343 e. The Kier molecular flexibility index (Phi) is 5.48. The summed E-state index contributed by atoms with van der Waals surface area (Å²) in [6, 6.07) is 7.01. The molecule has 0 amide bonds. The first kappa shape index (κ1) is 16.4. The average Bonchev–Trinajstić information content (AvgIpc) is 3.07.